The molecule has 1 fully saturated rings. The first-order valence-corrected chi connectivity index (χ1v) is 11.1. The van der Waals surface area contributed by atoms with E-state index in [2.05, 4.69) is 15.6 Å². The zero-order valence-corrected chi connectivity index (χ0v) is 20.5. The molecule has 1 heterocycles. The Labute approximate surface area is 191 Å². The van der Waals surface area contributed by atoms with Crippen molar-refractivity contribution in [2.24, 2.45) is 4.99 Å². The lowest BCUT2D eigenvalue weighted by Crippen LogP contribution is -2.39. The Kier molecular flexibility index (Phi) is 10.9. The quantitative estimate of drug-likeness (QED) is 0.216. The molecule has 0 radical (unpaired) electrons. The van der Waals surface area contributed by atoms with Crippen LogP contribution < -0.4 is 10.6 Å². The van der Waals surface area contributed by atoms with Crippen molar-refractivity contribution in [2.75, 3.05) is 40.3 Å². The Morgan fingerprint density at radius 3 is 2.45 bits per heavy atom. The van der Waals surface area contributed by atoms with Gasteiger partial charge in [0.05, 0.1) is 11.4 Å². The fourth-order valence-corrected chi connectivity index (χ4v) is 3.81. The Morgan fingerprint density at radius 1 is 1.21 bits per heavy atom. The van der Waals surface area contributed by atoms with Gasteiger partial charge >= 0.3 is 0 Å². The molecule has 1 amide bonds. The van der Waals surface area contributed by atoms with Crippen LogP contribution in [0.3, 0.4) is 0 Å². The third kappa shape index (κ3) is 7.74. The van der Waals surface area contributed by atoms with E-state index in [0.29, 0.717) is 18.9 Å². The highest BCUT2D eigenvalue weighted by atomic mass is 127. The number of rotatable bonds is 9. The Hall–Kier alpha value is -1.40. The first-order valence-electron chi connectivity index (χ1n) is 9.66. The highest BCUT2D eigenvalue weighted by Crippen LogP contribution is 2.14. The highest BCUT2D eigenvalue weighted by molar-refractivity contribution is 14.0. The summed E-state index contributed by atoms with van der Waals surface area (Å²) in [6.07, 6.45) is 2.50. The lowest BCUT2D eigenvalue weighted by molar-refractivity contribution is -0.127. The van der Waals surface area contributed by atoms with Crippen molar-refractivity contribution < 1.29 is 13.2 Å². The molecule has 8 nitrogen and oxygen atoms in total. The van der Waals surface area contributed by atoms with Crippen molar-refractivity contribution in [3.8, 4) is 0 Å². The second kappa shape index (κ2) is 12.3. The molecule has 2 rings (SSSR count). The van der Waals surface area contributed by atoms with Gasteiger partial charge in [0.25, 0.3) is 0 Å². The first kappa shape index (κ1) is 25.6. The van der Waals surface area contributed by atoms with Crippen LogP contribution in [0.25, 0.3) is 0 Å². The molecule has 0 spiro atoms. The van der Waals surface area contributed by atoms with Crippen LogP contribution in [0.4, 0.5) is 0 Å². The summed E-state index contributed by atoms with van der Waals surface area (Å²) in [5.41, 5.74) is 0.928. The summed E-state index contributed by atoms with van der Waals surface area (Å²) in [7, 11) is -0.384. The van der Waals surface area contributed by atoms with Crippen LogP contribution in [0.2, 0.25) is 0 Å². The third-order valence-corrected chi connectivity index (χ3v) is 6.36. The van der Waals surface area contributed by atoms with Crippen molar-refractivity contribution in [2.45, 2.75) is 37.6 Å². The van der Waals surface area contributed by atoms with Crippen LogP contribution in [0.1, 0.15) is 31.7 Å². The minimum Gasteiger partial charge on any atom is -0.357 e. The molecule has 1 aliphatic heterocycles. The average Bonchev–Trinajstić information content (AvgIpc) is 3.08. The molecule has 1 aromatic carbocycles. The summed E-state index contributed by atoms with van der Waals surface area (Å²) in [5, 5.41) is 6.48. The number of sulfonamides is 1. The molecule has 1 saturated heterocycles. The topological polar surface area (TPSA) is 94.1 Å². The molecule has 0 saturated carbocycles. The van der Waals surface area contributed by atoms with E-state index in [4.69, 9.17) is 0 Å². The summed E-state index contributed by atoms with van der Waals surface area (Å²) >= 11 is 0. The summed E-state index contributed by atoms with van der Waals surface area (Å²) in [4.78, 5) is 18.3. The van der Waals surface area contributed by atoms with Crippen molar-refractivity contribution in [1.82, 2.24) is 19.8 Å². The third-order valence-electron chi connectivity index (χ3n) is 4.53. The standard InChI is InChI=1S/C19H31N5O3S.HI/c1-4-20-19(21-12-6-14-24-13-5-7-18(24)25)22-15-16-8-10-17(11-9-16)28(26,27)23(2)3;/h8-11H,4-7,12-15H2,1-3H3,(H2,20,21,22);1H. The number of halogens is 1. The first-order chi connectivity index (χ1) is 13.3. The molecule has 0 bridgehead atoms. The maximum Gasteiger partial charge on any atom is 0.242 e. The zero-order valence-electron chi connectivity index (χ0n) is 17.3. The van der Waals surface area contributed by atoms with E-state index in [1.54, 1.807) is 24.3 Å². The van der Waals surface area contributed by atoms with Crippen molar-refractivity contribution in [1.29, 1.82) is 0 Å². The molecule has 1 aliphatic rings. The Balaban J connectivity index is 0.00000420. The predicted octanol–water partition coefficient (Wildman–Crippen LogP) is 1.62. The van der Waals surface area contributed by atoms with E-state index in [9.17, 15) is 13.2 Å². The SMILES string of the molecule is CCNC(=NCc1ccc(S(=O)(=O)N(C)C)cc1)NCCCN1CCCC1=O.I. The minimum absolute atomic E-state index is 0. The average molecular weight is 537 g/mol. The monoisotopic (exact) mass is 537 g/mol. The van der Waals surface area contributed by atoms with Gasteiger partial charge in [0.1, 0.15) is 0 Å². The smallest absolute Gasteiger partial charge is 0.242 e. The molecule has 1 aromatic rings. The lowest BCUT2D eigenvalue weighted by Gasteiger charge is -2.16. The number of nitrogens with zero attached hydrogens (tertiary/aromatic N) is 3. The van der Waals surface area contributed by atoms with E-state index in [1.807, 2.05) is 11.8 Å². The van der Waals surface area contributed by atoms with Gasteiger partial charge in [0.15, 0.2) is 5.96 Å². The number of amides is 1. The number of likely N-dealkylation sites (tertiary alicyclic amines) is 1. The molecule has 0 unspecified atom stereocenters. The van der Waals surface area contributed by atoms with Gasteiger partial charge in [-0.2, -0.15) is 0 Å². The molecule has 0 atom stereocenters. The number of carbonyl (C=O) groups is 1. The van der Waals surface area contributed by atoms with E-state index in [1.165, 1.54) is 18.4 Å². The van der Waals surface area contributed by atoms with Crippen molar-refractivity contribution >= 4 is 45.9 Å². The van der Waals surface area contributed by atoms with Crippen LogP contribution in [0, 0.1) is 0 Å². The molecule has 0 aliphatic carbocycles. The normalized spacial score (nSPS) is 14.8. The number of aliphatic imine (C=N–C) groups is 1. The van der Waals surface area contributed by atoms with Gasteiger partial charge in [-0.25, -0.2) is 17.7 Å². The number of guanidine groups is 1. The van der Waals surface area contributed by atoms with Gasteiger partial charge in [-0.05, 0) is 37.5 Å². The number of carbonyl (C=O) groups excluding carboxylic acids is 1. The molecule has 0 aromatic heterocycles. The Bertz CT molecular complexity index is 782. The van der Waals surface area contributed by atoms with Crippen LogP contribution in [0.5, 0.6) is 0 Å². The van der Waals surface area contributed by atoms with Crippen molar-refractivity contribution in [3.05, 3.63) is 29.8 Å². The van der Waals surface area contributed by atoms with E-state index >= 15 is 0 Å². The second-order valence-corrected chi connectivity index (χ2v) is 9.04. The van der Waals surface area contributed by atoms with Crippen LogP contribution in [0.15, 0.2) is 34.2 Å². The van der Waals surface area contributed by atoms with E-state index in [0.717, 1.165) is 44.6 Å². The molecule has 164 valence electrons. The zero-order chi connectivity index (χ0) is 20.6. The maximum atomic E-state index is 12.1. The highest BCUT2D eigenvalue weighted by Gasteiger charge is 2.19. The molecule has 29 heavy (non-hydrogen) atoms. The van der Waals surface area contributed by atoms with Gasteiger partial charge in [-0.1, -0.05) is 12.1 Å². The number of hydrogen-bond acceptors (Lipinski definition) is 4. The molecule has 2 N–H and O–H groups in total. The van der Waals surface area contributed by atoms with Crippen LogP contribution >= 0.6 is 24.0 Å². The largest absolute Gasteiger partial charge is 0.357 e. The van der Waals surface area contributed by atoms with Crippen molar-refractivity contribution in [3.63, 3.8) is 0 Å². The van der Waals surface area contributed by atoms with Gasteiger partial charge in [-0.3, -0.25) is 4.79 Å². The summed E-state index contributed by atoms with van der Waals surface area (Å²) in [6, 6.07) is 6.77. The maximum absolute atomic E-state index is 12.1. The minimum atomic E-state index is -3.41. The van der Waals surface area contributed by atoms with Gasteiger partial charge in [-0.15, -0.1) is 24.0 Å². The predicted molar refractivity (Wildman–Crippen MR) is 126 cm³/mol. The van der Waals surface area contributed by atoms with E-state index in [-0.39, 0.29) is 34.8 Å². The van der Waals surface area contributed by atoms with Crippen LogP contribution in [-0.4, -0.2) is 69.8 Å². The van der Waals surface area contributed by atoms with E-state index < -0.39 is 10.0 Å². The Morgan fingerprint density at radius 2 is 1.90 bits per heavy atom. The lowest BCUT2D eigenvalue weighted by atomic mass is 10.2. The molecular weight excluding hydrogens is 505 g/mol. The molecule has 10 heteroatoms. The second-order valence-electron chi connectivity index (χ2n) is 6.89. The van der Waals surface area contributed by atoms with Gasteiger partial charge < -0.3 is 15.5 Å². The number of benzene rings is 1. The number of nitrogens with one attached hydrogen (secondary N) is 2. The summed E-state index contributed by atoms with van der Waals surface area (Å²) in [6.45, 7) is 5.56. The molecular formula is C19H32IN5O3S. The fourth-order valence-electron chi connectivity index (χ4n) is 2.91. The van der Waals surface area contributed by atoms with Gasteiger partial charge in [0.2, 0.25) is 15.9 Å². The number of hydrogen-bond donors (Lipinski definition) is 2. The summed E-state index contributed by atoms with van der Waals surface area (Å²) < 4.78 is 25.4. The summed E-state index contributed by atoms with van der Waals surface area (Å²) in [5.74, 6) is 0.959. The van der Waals surface area contributed by atoms with Crippen LogP contribution in [-0.2, 0) is 21.4 Å². The fraction of sp³-hybridized carbons (Fsp3) is 0.579. The van der Waals surface area contributed by atoms with Gasteiger partial charge in [0, 0.05) is 46.7 Å².